The van der Waals surface area contributed by atoms with E-state index < -0.39 is 23.3 Å². The van der Waals surface area contributed by atoms with Crippen molar-refractivity contribution >= 4 is 17.9 Å². The number of unbranched alkanes of at least 4 members (excludes halogenated alkanes) is 1. The van der Waals surface area contributed by atoms with Gasteiger partial charge >= 0.3 is 12.0 Å². The number of carboxylic acids is 1. The Morgan fingerprint density at radius 1 is 1.37 bits per heavy atom. The van der Waals surface area contributed by atoms with E-state index in [0.717, 1.165) is 12.8 Å². The van der Waals surface area contributed by atoms with Crippen LogP contribution in [0.25, 0.3) is 0 Å². The minimum Gasteiger partial charge on any atom is -0.481 e. The van der Waals surface area contributed by atoms with Crippen LogP contribution in [0.15, 0.2) is 12.7 Å². The zero-order valence-corrected chi connectivity index (χ0v) is 11.7. The first-order valence-corrected chi connectivity index (χ1v) is 6.10. The van der Waals surface area contributed by atoms with Crippen LogP contribution < -0.4 is 5.32 Å². The molecule has 3 amide bonds. The molecule has 0 bridgehead atoms. The zero-order chi connectivity index (χ0) is 15.1. The van der Waals surface area contributed by atoms with Crippen molar-refractivity contribution in [3.05, 3.63) is 12.7 Å². The second kappa shape index (κ2) is 7.56. The largest absolute Gasteiger partial charge is 0.481 e. The summed E-state index contributed by atoms with van der Waals surface area (Å²) in [5, 5.41) is 11.1. The highest BCUT2D eigenvalue weighted by Crippen LogP contribution is 2.19. The van der Waals surface area contributed by atoms with Crippen LogP contribution in [0.4, 0.5) is 4.79 Å². The van der Waals surface area contributed by atoms with Gasteiger partial charge in [-0.2, -0.15) is 0 Å². The number of hydrogen-bond donors (Lipinski definition) is 2. The van der Waals surface area contributed by atoms with Crippen molar-refractivity contribution in [3.8, 4) is 0 Å². The monoisotopic (exact) mass is 270 g/mol. The van der Waals surface area contributed by atoms with Gasteiger partial charge in [0, 0.05) is 20.0 Å². The number of nitrogens with zero attached hydrogens (tertiary/aromatic N) is 1. The Morgan fingerprint density at radius 3 is 2.42 bits per heavy atom. The summed E-state index contributed by atoms with van der Waals surface area (Å²) in [7, 11) is 1.58. The Morgan fingerprint density at radius 2 is 1.95 bits per heavy atom. The highest BCUT2D eigenvalue weighted by molar-refractivity contribution is 5.96. The van der Waals surface area contributed by atoms with Crippen LogP contribution in [0.3, 0.4) is 0 Å². The third-order valence-electron chi connectivity index (χ3n) is 2.68. The van der Waals surface area contributed by atoms with Crippen molar-refractivity contribution in [2.75, 3.05) is 13.6 Å². The number of allylic oxidation sites excluding steroid dienone is 1. The van der Waals surface area contributed by atoms with E-state index in [9.17, 15) is 14.4 Å². The molecule has 2 N–H and O–H groups in total. The van der Waals surface area contributed by atoms with Crippen LogP contribution >= 0.6 is 0 Å². The molecule has 6 heteroatoms. The fourth-order valence-corrected chi connectivity index (χ4v) is 1.31. The summed E-state index contributed by atoms with van der Waals surface area (Å²) in [6.07, 6.45) is 3.07. The predicted octanol–water partition coefficient (Wildman–Crippen LogP) is 1.62. The summed E-state index contributed by atoms with van der Waals surface area (Å²) in [6, 6.07) is -0.518. The first-order valence-electron chi connectivity index (χ1n) is 6.10. The van der Waals surface area contributed by atoms with Gasteiger partial charge in [0.15, 0.2) is 0 Å². The summed E-state index contributed by atoms with van der Waals surface area (Å²) in [5.74, 6) is -1.66. The molecule has 108 valence electrons. The number of imide groups is 1. The smallest absolute Gasteiger partial charge is 0.323 e. The topological polar surface area (TPSA) is 86.7 Å². The van der Waals surface area contributed by atoms with Crippen LogP contribution in [0, 0.1) is 5.41 Å². The lowest BCUT2D eigenvalue weighted by Crippen LogP contribution is -2.43. The molecule has 0 rings (SSSR count). The third-order valence-corrected chi connectivity index (χ3v) is 2.68. The summed E-state index contributed by atoms with van der Waals surface area (Å²) < 4.78 is 0. The summed E-state index contributed by atoms with van der Waals surface area (Å²) in [4.78, 5) is 35.4. The van der Waals surface area contributed by atoms with Gasteiger partial charge in [0.2, 0.25) is 5.91 Å². The van der Waals surface area contributed by atoms with Crippen molar-refractivity contribution < 1.29 is 19.5 Å². The highest BCUT2D eigenvalue weighted by Gasteiger charge is 2.30. The van der Waals surface area contributed by atoms with E-state index in [2.05, 4.69) is 11.9 Å². The lowest BCUT2D eigenvalue weighted by atomic mass is 9.89. The normalized spacial score (nSPS) is 10.7. The lowest BCUT2D eigenvalue weighted by molar-refractivity contribution is -0.149. The second-order valence-corrected chi connectivity index (χ2v) is 5.07. The molecule has 0 spiro atoms. The van der Waals surface area contributed by atoms with Crippen molar-refractivity contribution in [2.45, 2.75) is 33.1 Å². The Hall–Kier alpha value is -1.85. The number of hydrogen-bond acceptors (Lipinski definition) is 3. The fourth-order valence-electron chi connectivity index (χ4n) is 1.31. The third kappa shape index (κ3) is 6.59. The van der Waals surface area contributed by atoms with Gasteiger partial charge in [0.1, 0.15) is 0 Å². The number of aliphatic carboxylic acids is 1. The molecule has 0 heterocycles. The van der Waals surface area contributed by atoms with Crippen molar-refractivity contribution in [1.29, 1.82) is 0 Å². The molecule has 0 atom stereocenters. The molecule has 6 nitrogen and oxygen atoms in total. The molecule has 0 saturated carbocycles. The molecule has 0 radical (unpaired) electrons. The molecule has 0 aromatic heterocycles. The molecule has 0 aromatic rings. The van der Waals surface area contributed by atoms with Gasteiger partial charge in [-0.25, -0.2) is 4.79 Å². The van der Waals surface area contributed by atoms with Crippen LogP contribution in [-0.2, 0) is 9.59 Å². The maximum atomic E-state index is 11.6. The second-order valence-electron chi connectivity index (χ2n) is 5.07. The quantitative estimate of drug-likeness (QED) is 0.543. The van der Waals surface area contributed by atoms with Crippen LogP contribution in [0.5, 0.6) is 0 Å². The predicted molar refractivity (Wildman–Crippen MR) is 71.6 cm³/mol. The zero-order valence-electron chi connectivity index (χ0n) is 11.7. The highest BCUT2D eigenvalue weighted by atomic mass is 16.4. The van der Waals surface area contributed by atoms with Crippen molar-refractivity contribution in [3.63, 3.8) is 0 Å². The Balaban J connectivity index is 4.22. The number of nitrogens with one attached hydrogen (secondary N) is 1. The molecular weight excluding hydrogens is 248 g/mol. The van der Waals surface area contributed by atoms with Gasteiger partial charge in [0.25, 0.3) is 0 Å². The van der Waals surface area contributed by atoms with Gasteiger partial charge in [-0.1, -0.05) is 6.08 Å². The van der Waals surface area contributed by atoms with E-state index in [-0.39, 0.29) is 6.42 Å². The molecule has 0 saturated heterocycles. The number of carboxylic acid groups (broad SMARTS) is 1. The summed E-state index contributed by atoms with van der Waals surface area (Å²) in [6.45, 7) is 6.96. The SMILES string of the molecule is C=CCCCN(C)C(=O)NC(=O)CC(C)(C)C(=O)O. The van der Waals surface area contributed by atoms with E-state index >= 15 is 0 Å². The Bertz CT molecular complexity index is 364. The molecule has 0 aliphatic rings. The number of carbonyl (C=O) groups excluding carboxylic acids is 2. The number of amides is 3. The average molecular weight is 270 g/mol. The Labute approximate surface area is 113 Å². The van der Waals surface area contributed by atoms with Crippen molar-refractivity contribution in [2.24, 2.45) is 5.41 Å². The lowest BCUT2D eigenvalue weighted by Gasteiger charge is -2.20. The average Bonchev–Trinajstić information content (AvgIpc) is 2.27. The molecule has 0 fully saturated rings. The number of rotatable bonds is 7. The molecule has 0 unspecified atom stereocenters. The molecule has 0 aliphatic carbocycles. The molecular formula is C13H22N2O4. The fraction of sp³-hybridized carbons (Fsp3) is 0.615. The number of carbonyl (C=O) groups is 3. The van der Waals surface area contributed by atoms with Gasteiger partial charge < -0.3 is 10.0 Å². The van der Waals surface area contributed by atoms with Gasteiger partial charge in [-0.3, -0.25) is 14.9 Å². The molecule has 0 aliphatic heterocycles. The van der Waals surface area contributed by atoms with E-state index in [1.165, 1.54) is 18.7 Å². The first-order chi connectivity index (χ1) is 8.70. The standard InChI is InChI=1S/C13H22N2O4/c1-5-6-7-8-15(4)12(19)14-10(16)9-13(2,3)11(17)18/h5H,1,6-9H2,2-4H3,(H,17,18)(H,14,16,19). The van der Waals surface area contributed by atoms with E-state index in [1.54, 1.807) is 13.1 Å². The minimum absolute atomic E-state index is 0.241. The van der Waals surface area contributed by atoms with Crippen LogP contribution in [0.2, 0.25) is 0 Å². The van der Waals surface area contributed by atoms with Crippen molar-refractivity contribution in [1.82, 2.24) is 10.2 Å². The van der Waals surface area contributed by atoms with E-state index in [4.69, 9.17) is 5.11 Å². The van der Waals surface area contributed by atoms with Crippen LogP contribution in [0.1, 0.15) is 33.1 Å². The van der Waals surface area contributed by atoms with E-state index in [1.807, 2.05) is 0 Å². The number of urea groups is 1. The maximum absolute atomic E-state index is 11.6. The first kappa shape index (κ1) is 17.2. The van der Waals surface area contributed by atoms with Gasteiger partial charge in [-0.15, -0.1) is 6.58 Å². The van der Waals surface area contributed by atoms with Gasteiger partial charge in [0.05, 0.1) is 5.41 Å². The summed E-state index contributed by atoms with van der Waals surface area (Å²) in [5.41, 5.74) is -1.19. The maximum Gasteiger partial charge on any atom is 0.323 e. The van der Waals surface area contributed by atoms with Crippen LogP contribution in [-0.4, -0.2) is 41.5 Å². The Kier molecular flexibility index (Phi) is 6.82. The molecule has 19 heavy (non-hydrogen) atoms. The summed E-state index contributed by atoms with van der Waals surface area (Å²) >= 11 is 0. The molecule has 0 aromatic carbocycles. The minimum atomic E-state index is -1.19. The van der Waals surface area contributed by atoms with Gasteiger partial charge in [-0.05, 0) is 26.7 Å². The van der Waals surface area contributed by atoms with E-state index in [0.29, 0.717) is 6.54 Å².